The molecule has 0 spiro atoms. The summed E-state index contributed by atoms with van der Waals surface area (Å²) in [6.07, 6.45) is 2.02. The second-order valence-corrected chi connectivity index (χ2v) is 8.85. The van der Waals surface area contributed by atoms with Crippen LogP contribution in [0.25, 0.3) is 11.0 Å². The van der Waals surface area contributed by atoms with Crippen LogP contribution in [0.1, 0.15) is 40.4 Å². The Kier molecular flexibility index (Phi) is 5.83. The number of halogens is 1. The number of nitrogens with one attached hydrogen (secondary N) is 2. The normalized spacial score (nSPS) is 15.8. The number of aryl methyl sites for hydroxylation is 1. The molecule has 1 amide bonds. The number of carbonyl (C=O) groups is 1. The lowest BCUT2D eigenvalue weighted by Gasteiger charge is -2.23. The third-order valence-electron chi connectivity index (χ3n) is 6.33. The summed E-state index contributed by atoms with van der Waals surface area (Å²) in [7, 11) is 1.98. The Morgan fingerprint density at radius 3 is 2.76 bits per heavy atom. The van der Waals surface area contributed by atoms with E-state index in [-0.39, 0.29) is 11.9 Å². The standard InChI is InChI=1S/C27H26ClN3O2/c1-17-7-3-4-8-19(17)27(32)30-23-9-5-11-25-21(23)16-26(33-25)31-14-6-10-22(29-2)20-15-18(28)12-13-24(20)31/h3-5,7-9,11-13,15-16,22,29H,6,10,14H2,1-2H3,(H,30,32). The van der Waals surface area contributed by atoms with Gasteiger partial charge in [0.05, 0.1) is 5.69 Å². The zero-order valence-corrected chi connectivity index (χ0v) is 19.4. The van der Waals surface area contributed by atoms with Crippen LogP contribution >= 0.6 is 11.6 Å². The molecule has 0 saturated heterocycles. The molecule has 5 nitrogen and oxygen atoms in total. The highest BCUT2D eigenvalue weighted by molar-refractivity contribution is 6.30. The lowest BCUT2D eigenvalue weighted by Crippen LogP contribution is -2.18. The molecule has 2 N–H and O–H groups in total. The fourth-order valence-corrected chi connectivity index (χ4v) is 4.80. The average Bonchev–Trinajstić information content (AvgIpc) is 3.16. The summed E-state index contributed by atoms with van der Waals surface area (Å²) < 4.78 is 6.29. The van der Waals surface area contributed by atoms with Crippen molar-refractivity contribution in [1.29, 1.82) is 0 Å². The van der Waals surface area contributed by atoms with Crippen molar-refractivity contribution in [1.82, 2.24) is 5.32 Å². The van der Waals surface area contributed by atoms with Crippen LogP contribution < -0.4 is 15.5 Å². The fraction of sp³-hybridized carbons (Fsp3) is 0.222. The second kappa shape index (κ2) is 8.93. The van der Waals surface area contributed by atoms with Gasteiger partial charge in [0.15, 0.2) is 0 Å². The molecule has 6 heteroatoms. The van der Waals surface area contributed by atoms with Gasteiger partial charge in [0.2, 0.25) is 5.88 Å². The largest absolute Gasteiger partial charge is 0.440 e. The third kappa shape index (κ3) is 4.10. The molecule has 0 fully saturated rings. The molecule has 0 saturated carbocycles. The van der Waals surface area contributed by atoms with Crippen LogP contribution in [-0.2, 0) is 0 Å². The van der Waals surface area contributed by atoms with Gasteiger partial charge in [-0.2, -0.15) is 0 Å². The van der Waals surface area contributed by atoms with E-state index in [1.54, 1.807) is 0 Å². The summed E-state index contributed by atoms with van der Waals surface area (Å²) in [4.78, 5) is 15.1. The first kappa shape index (κ1) is 21.6. The zero-order valence-electron chi connectivity index (χ0n) is 18.7. The summed E-state index contributed by atoms with van der Waals surface area (Å²) in [5.74, 6) is 0.623. The highest BCUT2D eigenvalue weighted by Crippen LogP contribution is 2.41. The molecule has 1 atom stereocenters. The molecule has 1 aliphatic heterocycles. The van der Waals surface area contributed by atoms with Gasteiger partial charge in [-0.25, -0.2) is 0 Å². The van der Waals surface area contributed by atoms with Crippen molar-refractivity contribution in [3.05, 3.63) is 88.4 Å². The van der Waals surface area contributed by atoms with Crippen molar-refractivity contribution in [2.45, 2.75) is 25.8 Å². The Hall–Kier alpha value is -3.28. The van der Waals surface area contributed by atoms with Gasteiger partial charge < -0.3 is 20.0 Å². The minimum atomic E-state index is -0.130. The minimum Gasteiger partial charge on any atom is -0.440 e. The van der Waals surface area contributed by atoms with Crippen molar-refractivity contribution >= 4 is 45.7 Å². The quantitative estimate of drug-likeness (QED) is 0.350. The van der Waals surface area contributed by atoms with Gasteiger partial charge in [0, 0.05) is 40.3 Å². The highest BCUT2D eigenvalue weighted by atomic mass is 35.5. The molecule has 1 aromatic heterocycles. The predicted octanol–water partition coefficient (Wildman–Crippen LogP) is 6.84. The molecule has 33 heavy (non-hydrogen) atoms. The first-order valence-corrected chi connectivity index (χ1v) is 11.6. The van der Waals surface area contributed by atoms with Gasteiger partial charge in [-0.1, -0.05) is 35.9 Å². The Balaban J connectivity index is 1.53. The van der Waals surface area contributed by atoms with E-state index in [1.807, 2.05) is 74.6 Å². The first-order valence-electron chi connectivity index (χ1n) is 11.2. The highest BCUT2D eigenvalue weighted by Gasteiger charge is 2.25. The van der Waals surface area contributed by atoms with Crippen molar-refractivity contribution in [2.75, 3.05) is 23.8 Å². The molecule has 1 aliphatic rings. The Labute approximate surface area is 198 Å². The molecule has 0 radical (unpaired) electrons. The molecule has 3 aromatic carbocycles. The van der Waals surface area contributed by atoms with E-state index >= 15 is 0 Å². The fourth-order valence-electron chi connectivity index (χ4n) is 4.62. The van der Waals surface area contributed by atoms with Crippen LogP contribution in [0.5, 0.6) is 0 Å². The van der Waals surface area contributed by atoms with Gasteiger partial charge in [-0.05, 0) is 74.3 Å². The molecular weight excluding hydrogens is 434 g/mol. The van der Waals surface area contributed by atoms with Crippen molar-refractivity contribution in [3.8, 4) is 0 Å². The molecule has 1 unspecified atom stereocenters. The van der Waals surface area contributed by atoms with Gasteiger partial charge in [-0.15, -0.1) is 0 Å². The topological polar surface area (TPSA) is 57.5 Å². The second-order valence-electron chi connectivity index (χ2n) is 8.41. The van der Waals surface area contributed by atoms with Gasteiger partial charge in [0.25, 0.3) is 5.91 Å². The SMILES string of the molecule is CNC1CCCN(c2cc3c(NC(=O)c4ccccc4C)cccc3o2)c2ccc(Cl)cc21. The smallest absolute Gasteiger partial charge is 0.255 e. The van der Waals surface area contributed by atoms with Gasteiger partial charge in [-0.3, -0.25) is 4.79 Å². The summed E-state index contributed by atoms with van der Waals surface area (Å²) >= 11 is 6.33. The monoisotopic (exact) mass is 459 g/mol. The summed E-state index contributed by atoms with van der Waals surface area (Å²) in [6.45, 7) is 2.77. The average molecular weight is 460 g/mol. The van der Waals surface area contributed by atoms with Crippen molar-refractivity contribution in [3.63, 3.8) is 0 Å². The Morgan fingerprint density at radius 2 is 1.94 bits per heavy atom. The van der Waals surface area contributed by atoms with Crippen molar-refractivity contribution < 1.29 is 9.21 Å². The van der Waals surface area contributed by atoms with E-state index in [4.69, 9.17) is 16.0 Å². The maximum absolute atomic E-state index is 12.9. The van der Waals surface area contributed by atoms with Crippen LogP contribution in [0.15, 0.2) is 71.1 Å². The van der Waals surface area contributed by atoms with Crippen LogP contribution in [0.3, 0.4) is 0 Å². The van der Waals surface area contributed by atoms with Gasteiger partial charge >= 0.3 is 0 Å². The van der Waals surface area contributed by atoms with E-state index in [0.717, 1.165) is 63.8 Å². The van der Waals surface area contributed by atoms with E-state index in [1.165, 1.54) is 0 Å². The summed E-state index contributed by atoms with van der Waals surface area (Å²) in [5.41, 5.74) is 5.31. The number of nitrogens with zero attached hydrogens (tertiary/aromatic N) is 1. The number of amides is 1. The van der Waals surface area contributed by atoms with E-state index in [9.17, 15) is 4.79 Å². The lowest BCUT2D eigenvalue weighted by molar-refractivity contribution is 0.102. The zero-order chi connectivity index (χ0) is 22.9. The number of fused-ring (bicyclic) bond motifs is 2. The van der Waals surface area contributed by atoms with Crippen molar-refractivity contribution in [2.24, 2.45) is 0 Å². The molecule has 4 aromatic rings. The first-order chi connectivity index (χ1) is 16.0. The number of anilines is 3. The number of benzene rings is 3. The molecule has 5 rings (SSSR count). The lowest BCUT2D eigenvalue weighted by atomic mass is 10.0. The molecule has 2 heterocycles. The van der Waals surface area contributed by atoms with E-state index < -0.39 is 0 Å². The number of carbonyl (C=O) groups excluding carboxylic acids is 1. The molecular formula is C27H26ClN3O2. The van der Waals surface area contributed by atoms with Crippen LogP contribution in [0, 0.1) is 6.92 Å². The van der Waals surface area contributed by atoms with Crippen LogP contribution in [0.2, 0.25) is 5.02 Å². The number of hydrogen-bond donors (Lipinski definition) is 2. The number of hydrogen-bond acceptors (Lipinski definition) is 4. The van der Waals surface area contributed by atoms with Crippen LogP contribution in [0.4, 0.5) is 17.3 Å². The molecule has 0 aliphatic carbocycles. The predicted molar refractivity (Wildman–Crippen MR) is 135 cm³/mol. The Bertz CT molecular complexity index is 1330. The van der Waals surface area contributed by atoms with Gasteiger partial charge in [0.1, 0.15) is 5.58 Å². The Morgan fingerprint density at radius 1 is 1.09 bits per heavy atom. The molecule has 0 bridgehead atoms. The van der Waals surface area contributed by atoms with E-state index in [0.29, 0.717) is 5.56 Å². The number of rotatable bonds is 4. The maximum atomic E-state index is 12.9. The van der Waals surface area contributed by atoms with E-state index in [2.05, 4.69) is 21.6 Å². The maximum Gasteiger partial charge on any atom is 0.255 e. The minimum absolute atomic E-state index is 0.130. The summed E-state index contributed by atoms with van der Waals surface area (Å²) in [6, 6.07) is 21.6. The number of furan rings is 1. The summed E-state index contributed by atoms with van der Waals surface area (Å²) in [5, 5.41) is 8.08. The van der Waals surface area contributed by atoms with Crippen LogP contribution in [-0.4, -0.2) is 19.5 Å². The molecule has 168 valence electrons. The third-order valence-corrected chi connectivity index (χ3v) is 6.57.